The van der Waals surface area contributed by atoms with Gasteiger partial charge in [0.15, 0.2) is 0 Å². The van der Waals surface area contributed by atoms with Crippen molar-refractivity contribution in [3.05, 3.63) is 35.9 Å². The van der Waals surface area contributed by atoms with Gasteiger partial charge in [-0.15, -0.1) is 0 Å². The second-order valence-corrected chi connectivity index (χ2v) is 5.20. The van der Waals surface area contributed by atoms with E-state index in [1.807, 2.05) is 30.3 Å². The molecule has 0 spiro atoms. The number of morpholine rings is 1. The van der Waals surface area contributed by atoms with Crippen molar-refractivity contribution in [2.75, 3.05) is 13.2 Å². The third kappa shape index (κ3) is 4.47. The lowest BCUT2D eigenvalue weighted by Crippen LogP contribution is -2.54. The normalized spacial score (nSPS) is 23.4. The molecule has 1 amide bonds. The smallest absolute Gasteiger partial charge is 0.352 e. The number of halogens is 2. The highest BCUT2D eigenvalue weighted by Crippen LogP contribution is 2.20. The summed E-state index contributed by atoms with van der Waals surface area (Å²) in [5.41, 5.74) is 0.938. The lowest BCUT2D eigenvalue weighted by atomic mass is 10.1. The van der Waals surface area contributed by atoms with Gasteiger partial charge in [0.2, 0.25) is 0 Å². The Hall–Kier alpha value is -1.53. The van der Waals surface area contributed by atoms with Crippen LogP contribution in [0.1, 0.15) is 19.4 Å². The lowest BCUT2D eigenvalue weighted by Gasteiger charge is -2.38. The van der Waals surface area contributed by atoms with Crippen LogP contribution in [-0.4, -0.2) is 42.3 Å². The highest BCUT2D eigenvalue weighted by molar-refractivity contribution is 5.81. The molecule has 0 saturated carbocycles. The minimum absolute atomic E-state index is 0.190. The number of amides is 1. The van der Waals surface area contributed by atoms with Gasteiger partial charge in [0, 0.05) is 13.5 Å². The first-order valence-corrected chi connectivity index (χ1v) is 6.84. The summed E-state index contributed by atoms with van der Waals surface area (Å²) in [4.78, 5) is 13.8. The van der Waals surface area contributed by atoms with E-state index in [1.165, 1.54) is 0 Å². The third-order valence-electron chi connectivity index (χ3n) is 3.34. The first kappa shape index (κ1) is 15.9. The predicted molar refractivity (Wildman–Crippen MR) is 72.8 cm³/mol. The average Bonchev–Trinajstić information content (AvgIpc) is 2.43. The highest BCUT2D eigenvalue weighted by atomic mass is 19.3. The van der Waals surface area contributed by atoms with Gasteiger partial charge in [-0.1, -0.05) is 30.3 Å². The molecule has 1 saturated heterocycles. The lowest BCUT2D eigenvalue weighted by molar-refractivity contribution is -0.237. The van der Waals surface area contributed by atoms with Crippen molar-refractivity contribution in [2.24, 2.45) is 0 Å². The Morgan fingerprint density at radius 3 is 2.67 bits per heavy atom. The van der Waals surface area contributed by atoms with Crippen molar-refractivity contribution < 1.29 is 23.0 Å². The zero-order valence-electron chi connectivity index (χ0n) is 12.1. The zero-order valence-corrected chi connectivity index (χ0v) is 12.1. The van der Waals surface area contributed by atoms with Crippen LogP contribution in [0, 0.1) is 0 Å². The van der Waals surface area contributed by atoms with Crippen LogP contribution in [0.5, 0.6) is 0 Å². The molecule has 2 rings (SSSR count). The van der Waals surface area contributed by atoms with E-state index < -0.39 is 18.3 Å². The topological polar surface area (TPSA) is 38.8 Å². The van der Waals surface area contributed by atoms with Crippen molar-refractivity contribution in [3.63, 3.8) is 0 Å². The molecule has 6 heteroatoms. The molecule has 0 N–H and O–H groups in total. The Kier molecular flexibility index (Phi) is 4.90. The predicted octanol–water partition coefficient (Wildman–Crippen LogP) is 2.43. The molecule has 2 atom stereocenters. The van der Waals surface area contributed by atoms with Crippen molar-refractivity contribution in [1.82, 2.24) is 4.90 Å². The van der Waals surface area contributed by atoms with Gasteiger partial charge in [0.1, 0.15) is 6.10 Å². The minimum atomic E-state index is -3.22. The second kappa shape index (κ2) is 6.49. The van der Waals surface area contributed by atoms with Crippen LogP contribution >= 0.6 is 0 Å². The van der Waals surface area contributed by atoms with Crippen LogP contribution < -0.4 is 0 Å². The van der Waals surface area contributed by atoms with Gasteiger partial charge >= 0.3 is 6.11 Å². The van der Waals surface area contributed by atoms with Crippen molar-refractivity contribution >= 4 is 5.91 Å². The van der Waals surface area contributed by atoms with E-state index in [-0.39, 0.29) is 19.1 Å². The van der Waals surface area contributed by atoms with Crippen LogP contribution in [0.25, 0.3) is 0 Å². The summed E-state index contributed by atoms with van der Waals surface area (Å²) in [6.45, 7) is 2.63. The van der Waals surface area contributed by atoms with Gasteiger partial charge in [0.25, 0.3) is 5.91 Å². The first-order valence-electron chi connectivity index (χ1n) is 6.84. The molecule has 1 fully saturated rings. The number of benzene rings is 1. The molecule has 0 bridgehead atoms. The standard InChI is InChI=1S/C15H19F2NO3/c1-11-14(19)18(8-12-6-4-3-5-7-12)13(9-20-11)10-21-15(2,16)17/h3-7,11,13H,8-10H2,1-2H3. The quantitative estimate of drug-likeness (QED) is 0.838. The van der Waals surface area contributed by atoms with Crippen LogP contribution in [0.4, 0.5) is 8.78 Å². The molecular formula is C15H19F2NO3. The Morgan fingerprint density at radius 2 is 2.05 bits per heavy atom. The van der Waals surface area contributed by atoms with Crippen LogP contribution in [-0.2, 0) is 20.8 Å². The van der Waals surface area contributed by atoms with Crippen molar-refractivity contribution in [1.29, 1.82) is 0 Å². The van der Waals surface area contributed by atoms with Gasteiger partial charge in [-0.05, 0) is 12.5 Å². The van der Waals surface area contributed by atoms with Gasteiger partial charge in [-0.25, -0.2) is 0 Å². The maximum atomic E-state index is 12.8. The van der Waals surface area contributed by atoms with E-state index in [9.17, 15) is 13.6 Å². The SMILES string of the molecule is CC1OCC(COC(C)(F)F)N(Cc2ccccc2)C1=O. The Morgan fingerprint density at radius 1 is 1.38 bits per heavy atom. The monoisotopic (exact) mass is 299 g/mol. The molecular weight excluding hydrogens is 280 g/mol. The van der Waals surface area contributed by atoms with E-state index >= 15 is 0 Å². The van der Waals surface area contributed by atoms with Crippen molar-refractivity contribution in [3.8, 4) is 0 Å². The molecule has 1 aliphatic rings. The number of carbonyl (C=O) groups is 1. The maximum absolute atomic E-state index is 12.8. The van der Waals surface area contributed by atoms with Gasteiger partial charge < -0.3 is 14.4 Å². The van der Waals surface area contributed by atoms with Crippen LogP contribution in [0.15, 0.2) is 30.3 Å². The van der Waals surface area contributed by atoms with Gasteiger partial charge in [-0.3, -0.25) is 4.79 Å². The fourth-order valence-corrected chi connectivity index (χ4v) is 2.20. The number of rotatable bonds is 5. The van der Waals surface area contributed by atoms with Crippen LogP contribution in [0.2, 0.25) is 0 Å². The molecule has 1 heterocycles. The second-order valence-electron chi connectivity index (χ2n) is 5.20. The molecule has 1 aromatic carbocycles. The largest absolute Gasteiger partial charge is 0.366 e. The molecule has 0 aliphatic carbocycles. The molecule has 116 valence electrons. The average molecular weight is 299 g/mol. The molecule has 0 radical (unpaired) electrons. The highest BCUT2D eigenvalue weighted by Gasteiger charge is 2.35. The maximum Gasteiger partial charge on any atom is 0.352 e. The van der Waals surface area contributed by atoms with Crippen LogP contribution in [0.3, 0.4) is 0 Å². The molecule has 1 aliphatic heterocycles. The summed E-state index contributed by atoms with van der Waals surface area (Å²) in [5.74, 6) is -0.210. The summed E-state index contributed by atoms with van der Waals surface area (Å²) in [6, 6.07) is 8.88. The fraction of sp³-hybridized carbons (Fsp3) is 0.533. The summed E-state index contributed by atoms with van der Waals surface area (Å²) >= 11 is 0. The molecule has 0 aromatic heterocycles. The van der Waals surface area contributed by atoms with E-state index in [2.05, 4.69) is 4.74 Å². The Bertz CT molecular complexity index is 476. The molecule has 2 unspecified atom stereocenters. The first-order chi connectivity index (χ1) is 9.87. The zero-order chi connectivity index (χ0) is 15.5. The molecule has 4 nitrogen and oxygen atoms in total. The van der Waals surface area contributed by atoms with Crippen molar-refractivity contribution in [2.45, 2.75) is 38.6 Å². The summed E-state index contributed by atoms with van der Waals surface area (Å²) in [6.07, 6.45) is -3.78. The van der Waals surface area contributed by atoms with Gasteiger partial charge in [-0.2, -0.15) is 8.78 Å². The number of alkyl halides is 2. The van der Waals surface area contributed by atoms with E-state index in [0.29, 0.717) is 13.5 Å². The third-order valence-corrected chi connectivity index (χ3v) is 3.34. The summed E-state index contributed by atoms with van der Waals surface area (Å²) in [7, 11) is 0. The Labute approximate surface area is 122 Å². The number of hydrogen-bond donors (Lipinski definition) is 0. The molecule has 1 aromatic rings. The molecule has 21 heavy (non-hydrogen) atoms. The van der Waals surface area contributed by atoms with E-state index in [4.69, 9.17) is 4.74 Å². The number of hydrogen-bond acceptors (Lipinski definition) is 3. The summed E-state index contributed by atoms with van der Waals surface area (Å²) in [5, 5.41) is 0. The number of ether oxygens (including phenoxy) is 2. The van der Waals surface area contributed by atoms with Gasteiger partial charge in [0.05, 0.1) is 19.3 Å². The van der Waals surface area contributed by atoms with E-state index in [1.54, 1.807) is 11.8 Å². The number of carbonyl (C=O) groups excluding carboxylic acids is 1. The summed E-state index contributed by atoms with van der Waals surface area (Å²) < 4.78 is 35.5. The fourth-order valence-electron chi connectivity index (χ4n) is 2.20. The minimum Gasteiger partial charge on any atom is -0.366 e. The van der Waals surface area contributed by atoms with E-state index in [0.717, 1.165) is 5.56 Å². The Balaban J connectivity index is 2.08. The number of nitrogens with zero attached hydrogens (tertiary/aromatic N) is 1.